The first-order valence-corrected chi connectivity index (χ1v) is 26.6. The summed E-state index contributed by atoms with van der Waals surface area (Å²) in [6.45, 7) is 22.4. The second-order valence-corrected chi connectivity index (χ2v) is 26.1. The molecule has 2 amide bonds. The third-order valence-corrected chi connectivity index (χ3v) is 18.6. The number of likely N-dealkylation sites (N-methyl/N-ethyl adjacent to an activating group) is 1. The molecule has 8 aliphatic carbocycles. The van der Waals surface area contributed by atoms with Gasteiger partial charge in [0.1, 0.15) is 28.2 Å². The summed E-state index contributed by atoms with van der Waals surface area (Å²) in [6, 6.07) is 13.1. The van der Waals surface area contributed by atoms with Crippen molar-refractivity contribution in [1.82, 2.24) is 14.5 Å². The van der Waals surface area contributed by atoms with E-state index in [1.165, 1.54) is 62.8 Å². The van der Waals surface area contributed by atoms with Gasteiger partial charge in [0, 0.05) is 37.0 Å². The van der Waals surface area contributed by atoms with Crippen LogP contribution in [0.2, 0.25) is 0 Å². The third-order valence-electron chi connectivity index (χ3n) is 15.6. The van der Waals surface area contributed by atoms with Crippen LogP contribution < -0.4 is 4.72 Å². The smallest absolute Gasteiger partial charge is 0.248 e. The van der Waals surface area contributed by atoms with Gasteiger partial charge in [0.2, 0.25) is 12.3 Å². The molecule has 8 saturated carbocycles. The molecule has 10 rings (SSSR count). The van der Waals surface area contributed by atoms with Crippen LogP contribution in [0.4, 0.5) is 8.78 Å². The monoisotopic (exact) mass is 925 g/mol. The van der Waals surface area contributed by atoms with E-state index in [9.17, 15) is 26.8 Å². The van der Waals surface area contributed by atoms with Crippen molar-refractivity contribution in [2.75, 3.05) is 26.2 Å². The molecule has 0 saturated heterocycles. The lowest BCUT2D eigenvalue weighted by atomic mass is 9.43. The number of halogens is 2. The summed E-state index contributed by atoms with van der Waals surface area (Å²) in [4.78, 5) is 28.0. The number of carbonyl (C=O) groups is 2. The van der Waals surface area contributed by atoms with Crippen LogP contribution in [0.15, 0.2) is 52.9 Å². The third kappa shape index (κ3) is 10.6. The van der Waals surface area contributed by atoms with Gasteiger partial charge in [0.15, 0.2) is 0 Å². The quantitative estimate of drug-likeness (QED) is 0.160. The van der Waals surface area contributed by atoms with Crippen molar-refractivity contribution >= 4 is 40.0 Å². The highest BCUT2D eigenvalue weighted by molar-refractivity contribution is 7.85. The minimum Gasteiger partial charge on any atom is -0.346 e. The van der Waals surface area contributed by atoms with Crippen LogP contribution in [0.1, 0.15) is 157 Å². The van der Waals surface area contributed by atoms with Crippen molar-refractivity contribution in [3.05, 3.63) is 71.3 Å². The van der Waals surface area contributed by atoms with Crippen LogP contribution in [0.3, 0.4) is 0 Å². The predicted molar refractivity (Wildman–Crippen MR) is 258 cm³/mol. The molecule has 356 valence electrons. The first-order valence-electron chi connectivity index (χ1n) is 24.4. The summed E-state index contributed by atoms with van der Waals surface area (Å²) in [5.41, 5.74) is 1.32. The topological polar surface area (TPSA) is 99.2 Å². The zero-order chi connectivity index (χ0) is 46.8. The number of rotatable bonds is 13. The van der Waals surface area contributed by atoms with Crippen molar-refractivity contribution in [2.45, 2.75) is 161 Å². The Hall–Kier alpha value is -2.83. The van der Waals surface area contributed by atoms with E-state index in [1.54, 1.807) is 17.0 Å². The molecule has 64 heavy (non-hydrogen) atoms. The molecular formula is C52H78F2N4O4S2. The van der Waals surface area contributed by atoms with Gasteiger partial charge in [-0.15, -0.1) is 0 Å². The Morgan fingerprint density at radius 1 is 0.672 bits per heavy atom. The summed E-state index contributed by atoms with van der Waals surface area (Å²) in [7, 11) is -2.75. The summed E-state index contributed by atoms with van der Waals surface area (Å²) >= 11 is 0. The molecule has 0 aliphatic heterocycles. The van der Waals surface area contributed by atoms with Crippen LogP contribution in [-0.2, 0) is 37.1 Å². The Balaban J connectivity index is 0.000000189. The molecule has 0 radical (unpaired) electrons. The van der Waals surface area contributed by atoms with Crippen LogP contribution >= 0.6 is 0 Å². The number of hydrogen-bond donors (Lipinski definition) is 1. The molecule has 8 fully saturated rings. The fourth-order valence-electron chi connectivity index (χ4n) is 13.2. The first kappa shape index (κ1) is 50.6. The maximum atomic E-state index is 14.5. The van der Waals surface area contributed by atoms with Crippen molar-refractivity contribution < 1.29 is 26.8 Å². The molecule has 8 aliphatic rings. The van der Waals surface area contributed by atoms with Crippen molar-refractivity contribution in [1.29, 1.82) is 0 Å². The number of carbonyl (C=O) groups excluding carboxylic acids is 2. The van der Waals surface area contributed by atoms with Crippen molar-refractivity contribution in [3.8, 4) is 0 Å². The van der Waals surface area contributed by atoms with Gasteiger partial charge in [0.25, 0.3) is 0 Å². The minimum atomic E-state index is -1.46. The Kier molecular flexibility index (Phi) is 15.9. The van der Waals surface area contributed by atoms with Gasteiger partial charge in [-0.25, -0.2) is 21.9 Å². The van der Waals surface area contributed by atoms with Gasteiger partial charge in [0.05, 0.1) is 26.2 Å². The minimum absolute atomic E-state index is 0.00587. The van der Waals surface area contributed by atoms with Gasteiger partial charge in [-0.2, -0.15) is 4.40 Å². The summed E-state index contributed by atoms with van der Waals surface area (Å²) in [5, 5.41) is 0. The number of benzene rings is 2. The summed E-state index contributed by atoms with van der Waals surface area (Å²) < 4.78 is 61.4. The number of nitrogens with zero attached hydrogens (tertiary/aromatic N) is 3. The Bertz CT molecular complexity index is 1930. The molecule has 0 spiro atoms. The molecule has 1 N–H and O–H groups in total. The van der Waals surface area contributed by atoms with E-state index in [0.717, 1.165) is 92.6 Å². The van der Waals surface area contributed by atoms with Gasteiger partial charge >= 0.3 is 0 Å². The van der Waals surface area contributed by atoms with Crippen LogP contribution in [-0.4, -0.2) is 71.9 Å². The van der Waals surface area contributed by atoms with E-state index < -0.39 is 32.3 Å². The number of nitrogens with one attached hydrogen (secondary N) is 1. The SMILES string of the molecule is CC(C)(C)[S@](=O)N=C(c1ccc(F)cc1)C12CC3CC(CC(C3)C1)C2.CCN(C=O)CC.CCN(CC)C(=O)[C@](N[S@@](=O)C(C)(C)C)(c1ccc(F)cc1)C12CC3CC(CC(C3)C1)C2. The fourth-order valence-corrected chi connectivity index (χ4v) is 15.0. The van der Waals surface area contributed by atoms with Gasteiger partial charge < -0.3 is 9.80 Å². The number of hydrogen-bond acceptors (Lipinski definition) is 4. The first-order chi connectivity index (χ1) is 30.1. The zero-order valence-electron chi connectivity index (χ0n) is 40.5. The van der Waals surface area contributed by atoms with E-state index in [2.05, 4.69) is 4.72 Å². The van der Waals surface area contributed by atoms with Crippen molar-refractivity contribution in [3.63, 3.8) is 0 Å². The Morgan fingerprint density at radius 2 is 1.08 bits per heavy atom. The lowest BCUT2D eigenvalue weighted by molar-refractivity contribution is -0.159. The normalized spacial score (nSPS) is 30.8. The zero-order valence-corrected chi connectivity index (χ0v) is 42.2. The fraction of sp³-hybridized carbons (Fsp3) is 0.712. The standard InChI is InChI=1S/C26H39FN2O2S.C21H28FNOS.C5H11NO/c1-6-29(7-2)23(30)26(28-32(31)24(3,4)5,21-8-10-22(27)11-9-21)25-15-18-12-19(16-25)14-20(13-18)17-25;1-20(2,3)25(24)23-19(17-4-6-18(22)7-5-17)21-11-14-8-15(12-21)10-16(9-14)13-21;1-3-6(4-2)5-7/h8-11,18-20,28H,6-7,12-17H2,1-5H3;4-7,14-16H,8-13H2,1-3H3;5H,3-4H2,1-2H3/t18?,19?,20?,25?,26-,32+;14?,15?,16?,21?,25-;/m10./s1. The molecular weight excluding hydrogens is 847 g/mol. The maximum absolute atomic E-state index is 14.5. The molecule has 8 bridgehead atoms. The van der Waals surface area contributed by atoms with E-state index in [-0.39, 0.29) is 33.1 Å². The number of amides is 2. The predicted octanol–water partition coefficient (Wildman–Crippen LogP) is 10.9. The maximum Gasteiger partial charge on any atom is 0.248 e. The largest absolute Gasteiger partial charge is 0.346 e. The lowest BCUT2D eigenvalue weighted by Crippen LogP contribution is -2.69. The summed E-state index contributed by atoms with van der Waals surface area (Å²) in [6.07, 6.45) is 15.1. The molecule has 0 aromatic heterocycles. The Morgan fingerprint density at radius 3 is 1.42 bits per heavy atom. The second kappa shape index (κ2) is 20.2. The van der Waals surface area contributed by atoms with Gasteiger partial charge in [-0.05, 0) is 217 Å². The highest BCUT2D eigenvalue weighted by Gasteiger charge is 2.65. The van der Waals surface area contributed by atoms with Crippen molar-refractivity contribution in [2.24, 2.45) is 50.7 Å². The highest BCUT2D eigenvalue weighted by Crippen LogP contribution is 2.66. The molecule has 8 nitrogen and oxygen atoms in total. The van der Waals surface area contributed by atoms with E-state index >= 15 is 0 Å². The van der Waals surface area contributed by atoms with Crippen LogP contribution in [0.5, 0.6) is 0 Å². The molecule has 3 atom stereocenters. The van der Waals surface area contributed by atoms with E-state index in [0.29, 0.717) is 30.8 Å². The van der Waals surface area contributed by atoms with Crippen LogP contribution in [0.25, 0.3) is 0 Å². The van der Waals surface area contributed by atoms with E-state index in [4.69, 9.17) is 4.40 Å². The average Bonchev–Trinajstić information content (AvgIpc) is 3.22. The Labute approximate surface area is 389 Å². The van der Waals surface area contributed by atoms with Gasteiger partial charge in [-0.1, -0.05) is 24.3 Å². The molecule has 12 heteroatoms. The average molecular weight is 925 g/mol. The van der Waals surface area contributed by atoms with Crippen LogP contribution in [0, 0.1) is 58.0 Å². The molecule has 2 aromatic rings. The highest BCUT2D eigenvalue weighted by atomic mass is 32.2. The molecule has 0 heterocycles. The molecule has 2 aromatic carbocycles. The van der Waals surface area contributed by atoms with E-state index in [1.807, 2.05) is 86.3 Å². The second-order valence-electron chi connectivity index (χ2n) is 22.2. The lowest BCUT2D eigenvalue weighted by Gasteiger charge is -2.63. The van der Waals surface area contributed by atoms with Gasteiger partial charge in [-0.3, -0.25) is 9.59 Å². The summed E-state index contributed by atoms with van der Waals surface area (Å²) in [5.74, 6) is 3.68. The molecule has 0 unspecified atom stereocenters.